The predicted octanol–water partition coefficient (Wildman–Crippen LogP) is 31.6. The summed E-state index contributed by atoms with van der Waals surface area (Å²) in [6, 6.07) is 82.7. The van der Waals surface area contributed by atoms with Crippen LogP contribution in [0.25, 0.3) is 27.8 Å². The number of hydrogen-bond donors (Lipinski definition) is 1. The number of azo groups is 7. The van der Waals surface area contributed by atoms with Crippen molar-refractivity contribution in [1.82, 2.24) is 4.98 Å². The van der Waals surface area contributed by atoms with E-state index in [1.807, 2.05) is 142 Å². The molecule has 131 heavy (non-hydrogen) atoms. The van der Waals surface area contributed by atoms with E-state index >= 15 is 0 Å². The minimum absolute atomic E-state index is 0.0315. The fraction of sp³-hybridized carbons (Fsp3) is 0.267. The highest BCUT2D eigenvalue weighted by molar-refractivity contribution is 5.83. The van der Waals surface area contributed by atoms with E-state index < -0.39 is 9.85 Å². The van der Waals surface area contributed by atoms with Crippen molar-refractivity contribution >= 4 is 113 Å². The molecular weight excluding hydrogens is 1640 g/mol. The van der Waals surface area contributed by atoms with Gasteiger partial charge in [0.2, 0.25) is 17.4 Å². The Hall–Kier alpha value is -15.1. The number of benzene rings is 12. The standard InChI is InChI=1S/C32H35N5.C25H27N5O3.C24H25N5O4.C24H26N4/c1-5-27(6-2)36-19-18-30-32(22-36)37(28-10-8-7-9-11-28)31-21-26(16-17-29(31)33-30)35-34-25-14-12-24(13-15-25)20-23(3)4;1-16(2)12-19-7-9-20(10-8-19)26-29-23-14-18(4)22(15-25(23)33-5)28-27-21-11-6-17(3)13-24(21)30(31)32;1-16(2)12-17-4-6-19(7-5-17)26-28-23-13-18(15-30)22(14-24(23)33-3)27-25-20-8-10-21(11-9-20)29(31)32;1-17(2)15-20-9-11-21(12-10-20)25-28-24-14-13-22(16-19(24)4)26-27-23-8-6-5-7-18(23)3/h7-19,21-23,27H,5-6,20H2,1-4H3;6-11,13-16H,12H2,1-5H3;4-11,13-14,16,30H,12,15H2,1-3H3;5-14,16-17H,15H2,1-4H3/q+2;;;. The second-order valence-corrected chi connectivity index (χ2v) is 33.4. The third kappa shape index (κ3) is 28.5. The molecule has 0 aliphatic heterocycles. The van der Waals surface area contributed by atoms with Crippen LogP contribution >= 0.6 is 0 Å². The predicted molar refractivity (Wildman–Crippen MR) is 520 cm³/mol. The van der Waals surface area contributed by atoms with Gasteiger partial charge in [0, 0.05) is 73.0 Å². The minimum Gasteiger partial charge on any atom is -0.494 e. The summed E-state index contributed by atoms with van der Waals surface area (Å²) in [5, 5.41) is 92.2. The van der Waals surface area contributed by atoms with Crippen LogP contribution in [0.3, 0.4) is 0 Å². The highest BCUT2D eigenvalue weighted by Gasteiger charge is 2.26. The molecular formula is C105H113N19O7+2. The first-order valence-corrected chi connectivity index (χ1v) is 43.9. The highest BCUT2D eigenvalue weighted by Crippen LogP contribution is 2.41. The fourth-order valence-corrected chi connectivity index (χ4v) is 14.2. The van der Waals surface area contributed by atoms with E-state index in [9.17, 15) is 25.3 Å². The van der Waals surface area contributed by atoms with Crippen molar-refractivity contribution in [2.24, 2.45) is 95.3 Å². The number of non-ortho nitro benzene ring substituents is 1. The smallest absolute Gasteiger partial charge is 0.301 e. The van der Waals surface area contributed by atoms with E-state index in [4.69, 9.17) is 14.5 Å². The molecule has 2 heterocycles. The molecule has 0 aliphatic carbocycles. The average molecular weight is 1750 g/mol. The Kier molecular flexibility index (Phi) is 35.1. The minimum atomic E-state index is -0.483. The number of aliphatic hydroxyl groups is 1. The summed E-state index contributed by atoms with van der Waals surface area (Å²) >= 11 is 0. The van der Waals surface area contributed by atoms with Crippen LogP contribution in [0.2, 0.25) is 0 Å². The molecule has 26 nitrogen and oxygen atoms in total. The number of fused-ring (bicyclic) bond motifs is 2. The summed E-state index contributed by atoms with van der Waals surface area (Å²) in [4.78, 5) is 26.1. The normalized spacial score (nSPS) is 11.7. The van der Waals surface area contributed by atoms with Crippen molar-refractivity contribution in [2.45, 2.75) is 148 Å². The van der Waals surface area contributed by atoms with Gasteiger partial charge in [0.15, 0.2) is 17.9 Å². The summed E-state index contributed by atoms with van der Waals surface area (Å²) in [5.41, 5.74) is 23.3. The maximum absolute atomic E-state index is 11.3. The Balaban J connectivity index is 0.000000169. The Morgan fingerprint density at radius 3 is 1.24 bits per heavy atom. The van der Waals surface area contributed by atoms with Gasteiger partial charge in [0.25, 0.3) is 11.4 Å². The van der Waals surface area contributed by atoms with Crippen LogP contribution in [-0.2, 0) is 32.3 Å². The molecule has 0 radical (unpaired) electrons. The van der Waals surface area contributed by atoms with E-state index in [1.165, 1.54) is 66.8 Å². The third-order valence-electron chi connectivity index (χ3n) is 21.0. The van der Waals surface area contributed by atoms with Gasteiger partial charge < -0.3 is 14.6 Å². The number of ether oxygens (including phenoxy) is 2. The summed E-state index contributed by atoms with van der Waals surface area (Å²) in [5.74, 6) is 3.36. The molecule has 0 saturated heterocycles. The first kappa shape index (κ1) is 96.6. The van der Waals surface area contributed by atoms with E-state index in [0.29, 0.717) is 80.9 Å². The summed E-state index contributed by atoms with van der Waals surface area (Å²) in [7, 11) is 3.04. The number of nitro groups is 2. The van der Waals surface area contributed by atoms with Crippen molar-refractivity contribution in [3.63, 3.8) is 0 Å². The Morgan fingerprint density at radius 1 is 0.366 bits per heavy atom. The average Bonchev–Trinajstić information content (AvgIpc) is 0.749. The second kappa shape index (κ2) is 47.7. The molecule has 0 saturated carbocycles. The van der Waals surface area contributed by atoms with Crippen molar-refractivity contribution in [3.05, 3.63) is 344 Å². The number of para-hydroxylation sites is 1. The molecule has 0 aliphatic rings. The van der Waals surface area contributed by atoms with Gasteiger partial charge in [-0.1, -0.05) is 160 Å². The zero-order chi connectivity index (χ0) is 93.5. The zero-order valence-corrected chi connectivity index (χ0v) is 77.2. The highest BCUT2D eigenvalue weighted by atomic mass is 16.6. The van der Waals surface area contributed by atoms with Crippen LogP contribution in [0.15, 0.2) is 345 Å². The molecule has 0 unspecified atom stereocenters. The van der Waals surface area contributed by atoms with Crippen LogP contribution in [0.1, 0.15) is 138 Å². The molecule has 0 fully saturated rings. The molecule has 668 valence electrons. The Labute approximate surface area is 765 Å². The Bertz CT molecular complexity index is 6440. The van der Waals surface area contributed by atoms with Gasteiger partial charge in [-0.15, -0.1) is 25.0 Å². The van der Waals surface area contributed by atoms with Crippen LogP contribution < -0.4 is 18.6 Å². The maximum Gasteiger partial charge on any atom is 0.301 e. The SMILES string of the molecule is CCC(CC)[n+]1ccc2nc3ccc(N=Nc4ccc(CC(C)C)cc4)cc3[n+](-c3ccccc3)c2c1.COc1cc(N=Nc2ccc(C)cc2[N+](=O)[O-])c(C)cc1N=Nc1ccc(CC(C)C)cc1.COc1cc(N=Nc2ccc([N+](=O)[O-])cc2)c(CO)cc1N=Nc1ccc(CC(C)C)cc1.Cc1ccccc1N=Nc1ccc(N=Nc2ccc(CC(C)C)cc2)c(C)c1. The Morgan fingerprint density at radius 2 is 0.763 bits per heavy atom. The van der Waals surface area contributed by atoms with Gasteiger partial charge in [-0.25, -0.2) is 4.98 Å². The molecule has 0 atom stereocenters. The summed E-state index contributed by atoms with van der Waals surface area (Å²) in [6.07, 6.45) is 10.7. The summed E-state index contributed by atoms with van der Waals surface area (Å²) < 4.78 is 15.5. The van der Waals surface area contributed by atoms with Crippen LogP contribution in [0.4, 0.5) is 91.0 Å². The molecule has 0 bridgehead atoms. The number of hydrogen-bond acceptors (Lipinski definition) is 22. The molecule has 0 spiro atoms. The van der Waals surface area contributed by atoms with E-state index in [1.54, 1.807) is 43.3 Å². The van der Waals surface area contributed by atoms with E-state index in [-0.39, 0.29) is 23.7 Å². The van der Waals surface area contributed by atoms with Gasteiger partial charge in [-0.3, -0.25) is 20.2 Å². The zero-order valence-electron chi connectivity index (χ0n) is 77.2. The van der Waals surface area contributed by atoms with Crippen LogP contribution in [0, 0.1) is 71.6 Å². The van der Waals surface area contributed by atoms with Gasteiger partial charge in [-0.05, 0) is 237 Å². The van der Waals surface area contributed by atoms with E-state index in [0.717, 1.165) is 128 Å². The monoisotopic (exact) mass is 1750 g/mol. The number of aromatic nitrogens is 3. The van der Waals surface area contributed by atoms with E-state index in [2.05, 4.69) is 235 Å². The van der Waals surface area contributed by atoms with Crippen molar-refractivity contribution in [3.8, 4) is 17.2 Å². The number of aryl methyl sites for hydroxylation is 4. The molecule has 0 amide bonds. The summed E-state index contributed by atoms with van der Waals surface area (Å²) in [6.45, 7) is 29.5. The lowest BCUT2D eigenvalue weighted by atomic mass is 10.0. The topological polar surface area (TPSA) is 319 Å². The van der Waals surface area contributed by atoms with Crippen molar-refractivity contribution in [1.29, 1.82) is 0 Å². The molecule has 14 rings (SSSR count). The second-order valence-electron chi connectivity index (χ2n) is 33.4. The largest absolute Gasteiger partial charge is 0.494 e. The van der Waals surface area contributed by atoms with Gasteiger partial charge in [0.1, 0.15) is 33.9 Å². The fourth-order valence-electron chi connectivity index (χ4n) is 14.2. The first-order chi connectivity index (χ1) is 63.2. The molecule has 2 aromatic heterocycles. The third-order valence-corrected chi connectivity index (χ3v) is 21.0. The molecule has 26 heteroatoms. The quantitative estimate of drug-likeness (QED) is 0.0143. The molecule has 1 N–H and O–H groups in total. The lowest BCUT2D eigenvalue weighted by molar-refractivity contribution is -0.725. The number of pyridine rings is 1. The number of rotatable bonds is 31. The lowest BCUT2D eigenvalue weighted by Crippen LogP contribution is -2.41. The van der Waals surface area contributed by atoms with Gasteiger partial charge in [-0.2, -0.15) is 55.7 Å². The van der Waals surface area contributed by atoms with Crippen molar-refractivity contribution in [2.75, 3.05) is 14.2 Å². The van der Waals surface area contributed by atoms with Gasteiger partial charge in [0.05, 0.1) is 93.2 Å². The number of nitrogens with zero attached hydrogens (tertiary/aromatic N) is 19. The van der Waals surface area contributed by atoms with Crippen molar-refractivity contribution < 1.29 is 33.6 Å². The molecule has 12 aromatic carbocycles. The number of aliphatic hydroxyl groups excluding tert-OH is 1. The molecule has 14 aromatic rings. The number of methoxy groups -OCH3 is 2. The van der Waals surface area contributed by atoms with Crippen LogP contribution in [0.5, 0.6) is 11.5 Å². The number of nitro benzene ring substituents is 2. The van der Waals surface area contributed by atoms with Gasteiger partial charge >= 0.3 is 5.52 Å². The first-order valence-electron chi connectivity index (χ1n) is 43.9. The lowest BCUT2D eigenvalue weighted by Gasteiger charge is -2.09. The maximum atomic E-state index is 11.3. The van der Waals surface area contributed by atoms with Crippen LogP contribution in [-0.4, -0.2) is 34.2 Å².